The van der Waals surface area contributed by atoms with Crippen LogP contribution in [0.5, 0.6) is 0 Å². The van der Waals surface area contributed by atoms with E-state index in [9.17, 15) is 0 Å². The molecule has 0 aliphatic rings. The van der Waals surface area contributed by atoms with Crippen LogP contribution in [0, 0.1) is 6.92 Å². The van der Waals surface area contributed by atoms with Gasteiger partial charge in [0.25, 0.3) is 0 Å². The van der Waals surface area contributed by atoms with Gasteiger partial charge in [-0.2, -0.15) is 5.48 Å². The Balaban J connectivity index is 2.85. The molecule has 0 heterocycles. The molecule has 1 rings (SSSR count). The lowest BCUT2D eigenvalue weighted by molar-refractivity contribution is 0.124. The van der Waals surface area contributed by atoms with Crippen molar-refractivity contribution in [3.05, 3.63) is 35.4 Å². The topological polar surface area (TPSA) is 32.3 Å². The van der Waals surface area contributed by atoms with E-state index in [0.717, 1.165) is 12.0 Å². The van der Waals surface area contributed by atoms with E-state index in [1.165, 1.54) is 5.56 Å². The fourth-order valence-corrected chi connectivity index (χ4v) is 1.29. The number of rotatable bonds is 3. The Kier molecular flexibility index (Phi) is 3.26. The molecular formula is C10H15NO. The second-order valence-electron chi connectivity index (χ2n) is 3.00. The summed E-state index contributed by atoms with van der Waals surface area (Å²) in [6.07, 6.45) is 0.889. The summed E-state index contributed by atoms with van der Waals surface area (Å²) in [5.74, 6) is 0. The minimum Gasteiger partial charge on any atom is -0.316 e. The van der Waals surface area contributed by atoms with Crippen molar-refractivity contribution < 1.29 is 5.21 Å². The van der Waals surface area contributed by atoms with Gasteiger partial charge in [-0.15, -0.1) is 0 Å². The molecular weight excluding hydrogens is 150 g/mol. The average molecular weight is 165 g/mol. The van der Waals surface area contributed by atoms with E-state index in [1.54, 1.807) is 0 Å². The first-order chi connectivity index (χ1) is 5.77. The van der Waals surface area contributed by atoms with Crippen LogP contribution in [0.1, 0.15) is 30.5 Å². The molecule has 1 atom stereocenters. The van der Waals surface area contributed by atoms with Crippen LogP contribution in [0.4, 0.5) is 0 Å². The van der Waals surface area contributed by atoms with Crippen molar-refractivity contribution in [1.82, 2.24) is 5.48 Å². The van der Waals surface area contributed by atoms with Gasteiger partial charge in [0.1, 0.15) is 0 Å². The van der Waals surface area contributed by atoms with Crippen molar-refractivity contribution in [2.24, 2.45) is 0 Å². The van der Waals surface area contributed by atoms with Gasteiger partial charge in [-0.05, 0) is 18.9 Å². The molecule has 0 aromatic heterocycles. The second-order valence-corrected chi connectivity index (χ2v) is 3.00. The van der Waals surface area contributed by atoms with Crippen LogP contribution in [0.2, 0.25) is 0 Å². The largest absolute Gasteiger partial charge is 0.316 e. The molecule has 2 heteroatoms. The second kappa shape index (κ2) is 4.24. The standard InChI is InChI=1S/C10H15NO/c1-3-10(11-12)9-6-4-5-8(2)7-9/h4-7,10-12H,3H2,1-2H3. The van der Waals surface area contributed by atoms with Gasteiger partial charge in [0, 0.05) is 0 Å². The smallest absolute Gasteiger partial charge is 0.0566 e. The molecule has 0 saturated carbocycles. The molecule has 66 valence electrons. The Bertz CT molecular complexity index is 243. The zero-order chi connectivity index (χ0) is 8.97. The number of hydrogen-bond acceptors (Lipinski definition) is 2. The number of hydroxylamine groups is 1. The Morgan fingerprint density at radius 2 is 2.25 bits per heavy atom. The molecule has 0 radical (unpaired) electrons. The summed E-state index contributed by atoms with van der Waals surface area (Å²) in [6.45, 7) is 4.09. The van der Waals surface area contributed by atoms with Gasteiger partial charge in [-0.1, -0.05) is 36.8 Å². The maximum absolute atomic E-state index is 8.82. The number of benzene rings is 1. The minimum atomic E-state index is 0.0601. The van der Waals surface area contributed by atoms with Crippen molar-refractivity contribution in [2.45, 2.75) is 26.3 Å². The lowest BCUT2D eigenvalue weighted by atomic mass is 10.0. The number of hydrogen-bond donors (Lipinski definition) is 2. The molecule has 2 N–H and O–H groups in total. The molecule has 2 nitrogen and oxygen atoms in total. The summed E-state index contributed by atoms with van der Waals surface area (Å²) < 4.78 is 0. The molecule has 0 aliphatic carbocycles. The van der Waals surface area contributed by atoms with Crippen molar-refractivity contribution in [3.8, 4) is 0 Å². The highest BCUT2D eigenvalue weighted by Crippen LogP contribution is 2.16. The summed E-state index contributed by atoms with van der Waals surface area (Å²) in [6, 6.07) is 8.21. The van der Waals surface area contributed by atoms with Gasteiger partial charge in [-0.25, -0.2) is 0 Å². The minimum absolute atomic E-state index is 0.0601. The molecule has 0 fully saturated rings. The Morgan fingerprint density at radius 3 is 2.75 bits per heavy atom. The summed E-state index contributed by atoms with van der Waals surface area (Å²) in [5, 5.41) is 8.82. The van der Waals surface area contributed by atoms with Gasteiger partial charge < -0.3 is 5.21 Å². The van der Waals surface area contributed by atoms with E-state index in [2.05, 4.69) is 11.5 Å². The van der Waals surface area contributed by atoms with Gasteiger partial charge in [0.2, 0.25) is 0 Å². The van der Waals surface area contributed by atoms with Gasteiger partial charge >= 0.3 is 0 Å². The van der Waals surface area contributed by atoms with E-state index >= 15 is 0 Å². The number of nitrogens with one attached hydrogen (secondary N) is 1. The predicted octanol–water partition coefficient (Wildman–Crippen LogP) is 2.42. The highest BCUT2D eigenvalue weighted by Gasteiger charge is 2.05. The number of aryl methyl sites for hydroxylation is 1. The third-order valence-electron chi connectivity index (χ3n) is 2.01. The van der Waals surface area contributed by atoms with Crippen LogP contribution in [0.25, 0.3) is 0 Å². The first-order valence-corrected chi connectivity index (χ1v) is 4.24. The fourth-order valence-electron chi connectivity index (χ4n) is 1.29. The maximum atomic E-state index is 8.82. The van der Waals surface area contributed by atoms with Crippen LogP contribution < -0.4 is 5.48 Å². The van der Waals surface area contributed by atoms with Crippen molar-refractivity contribution in [1.29, 1.82) is 0 Å². The van der Waals surface area contributed by atoms with E-state index in [1.807, 2.05) is 32.0 Å². The fraction of sp³-hybridized carbons (Fsp3) is 0.400. The van der Waals surface area contributed by atoms with Crippen molar-refractivity contribution in [2.75, 3.05) is 0 Å². The third kappa shape index (κ3) is 2.06. The summed E-state index contributed by atoms with van der Waals surface area (Å²) >= 11 is 0. The first kappa shape index (κ1) is 9.23. The quantitative estimate of drug-likeness (QED) is 0.674. The third-order valence-corrected chi connectivity index (χ3v) is 2.01. The van der Waals surface area contributed by atoms with Gasteiger partial charge in [0.15, 0.2) is 0 Å². The van der Waals surface area contributed by atoms with Crippen LogP contribution in [-0.4, -0.2) is 5.21 Å². The van der Waals surface area contributed by atoms with Crippen molar-refractivity contribution in [3.63, 3.8) is 0 Å². The zero-order valence-electron chi connectivity index (χ0n) is 7.54. The zero-order valence-corrected chi connectivity index (χ0v) is 7.54. The molecule has 0 bridgehead atoms. The SMILES string of the molecule is CCC(NO)c1cccc(C)c1. The van der Waals surface area contributed by atoms with Gasteiger partial charge in [0.05, 0.1) is 6.04 Å². The Morgan fingerprint density at radius 1 is 1.50 bits per heavy atom. The Labute approximate surface area is 73.2 Å². The molecule has 1 unspecified atom stereocenters. The lowest BCUT2D eigenvalue weighted by Gasteiger charge is -2.12. The van der Waals surface area contributed by atoms with Crippen molar-refractivity contribution >= 4 is 0 Å². The summed E-state index contributed by atoms with van der Waals surface area (Å²) in [4.78, 5) is 0. The van der Waals surface area contributed by atoms with Crippen LogP contribution in [0.3, 0.4) is 0 Å². The predicted molar refractivity (Wildman–Crippen MR) is 49.1 cm³/mol. The highest BCUT2D eigenvalue weighted by molar-refractivity contribution is 5.24. The summed E-state index contributed by atoms with van der Waals surface area (Å²) in [7, 11) is 0. The average Bonchev–Trinajstić information content (AvgIpc) is 2.07. The van der Waals surface area contributed by atoms with Gasteiger partial charge in [-0.3, -0.25) is 0 Å². The monoisotopic (exact) mass is 165 g/mol. The highest BCUT2D eigenvalue weighted by atomic mass is 16.5. The molecule has 1 aromatic carbocycles. The first-order valence-electron chi connectivity index (χ1n) is 4.24. The van der Waals surface area contributed by atoms with E-state index in [4.69, 9.17) is 5.21 Å². The molecule has 0 saturated heterocycles. The molecule has 0 spiro atoms. The molecule has 12 heavy (non-hydrogen) atoms. The van der Waals surface area contributed by atoms with E-state index in [-0.39, 0.29) is 6.04 Å². The van der Waals surface area contributed by atoms with Crippen LogP contribution in [-0.2, 0) is 0 Å². The summed E-state index contributed by atoms with van der Waals surface area (Å²) in [5.41, 5.74) is 4.66. The molecule has 1 aromatic rings. The maximum Gasteiger partial charge on any atom is 0.0566 e. The van der Waals surface area contributed by atoms with E-state index in [0.29, 0.717) is 0 Å². The normalized spacial score (nSPS) is 12.9. The lowest BCUT2D eigenvalue weighted by Crippen LogP contribution is -2.15. The van der Waals surface area contributed by atoms with Crippen LogP contribution >= 0.6 is 0 Å². The molecule has 0 aliphatic heterocycles. The van der Waals surface area contributed by atoms with E-state index < -0.39 is 0 Å². The molecule has 0 amide bonds. The Hall–Kier alpha value is -0.860. The van der Waals surface area contributed by atoms with Crippen LogP contribution in [0.15, 0.2) is 24.3 Å².